The number of aromatic amines is 1. The fourth-order valence-electron chi connectivity index (χ4n) is 0.638. The third-order valence-corrected chi connectivity index (χ3v) is 2.19. The Morgan fingerprint density at radius 2 is 2.33 bits per heavy atom. The molecular weight excluding hydrogens is 202 g/mol. The molecule has 0 aliphatic heterocycles. The summed E-state index contributed by atoms with van der Waals surface area (Å²) in [7, 11) is 1.59. The highest BCUT2D eigenvalue weighted by molar-refractivity contribution is 8.00. The topological polar surface area (TPSA) is 67.8 Å². The Morgan fingerprint density at radius 1 is 1.67 bits per heavy atom. The van der Waals surface area contributed by atoms with Crippen LogP contribution in [0.5, 0.6) is 0 Å². The van der Waals surface area contributed by atoms with E-state index in [-0.39, 0.29) is 5.21 Å². The molecule has 0 aliphatic carbocycles. The minimum absolute atomic E-state index is 0.284. The van der Waals surface area contributed by atoms with Crippen molar-refractivity contribution in [2.75, 3.05) is 5.21 Å². The van der Waals surface area contributed by atoms with E-state index < -0.39 is 11.1 Å². The Morgan fingerprint density at radius 3 is 2.92 bits per heavy atom. The Labute approximate surface area is 76.7 Å². The highest BCUT2D eigenvalue weighted by atomic mass is 35.5. The van der Waals surface area contributed by atoms with Crippen molar-refractivity contribution in [3.8, 4) is 0 Å². The quantitative estimate of drug-likeness (QED) is 0.413. The van der Waals surface area contributed by atoms with Gasteiger partial charge in [0.15, 0.2) is 5.16 Å². The highest BCUT2D eigenvalue weighted by Gasteiger charge is 2.02. The molecule has 66 valence electrons. The lowest BCUT2D eigenvalue weighted by Gasteiger charge is -2.01. The molecule has 0 fully saturated rings. The van der Waals surface area contributed by atoms with Crippen molar-refractivity contribution in [3.05, 3.63) is 20.7 Å². The molecule has 0 spiro atoms. The fourth-order valence-corrected chi connectivity index (χ4v) is 1.42. The van der Waals surface area contributed by atoms with Crippen molar-refractivity contribution in [2.45, 2.75) is 5.16 Å². The molecule has 0 saturated heterocycles. The van der Waals surface area contributed by atoms with E-state index in [1.807, 2.05) is 0 Å². The molecule has 5 nitrogen and oxygen atoms in total. The van der Waals surface area contributed by atoms with Crippen molar-refractivity contribution in [2.24, 2.45) is 7.05 Å². The number of hydrogen-bond donors (Lipinski definition) is 1. The van der Waals surface area contributed by atoms with E-state index in [1.54, 1.807) is 7.05 Å². The number of aromatic nitrogens is 3. The first-order chi connectivity index (χ1) is 5.65. The first-order valence-electron chi connectivity index (χ1n) is 3.01. The zero-order valence-corrected chi connectivity index (χ0v) is 7.78. The molecule has 0 bridgehead atoms. The van der Waals surface area contributed by atoms with Gasteiger partial charge in [-0.15, -0.1) is 11.6 Å². The number of hydrogen-bond acceptors (Lipinski definition) is 4. The smallest absolute Gasteiger partial charge is 0.265 e. The van der Waals surface area contributed by atoms with Crippen LogP contribution in [0.4, 0.5) is 0 Å². The summed E-state index contributed by atoms with van der Waals surface area (Å²) in [6, 6.07) is 0. The van der Waals surface area contributed by atoms with Gasteiger partial charge in [0.2, 0.25) is 0 Å². The molecule has 0 unspecified atom stereocenters. The zero-order valence-electron chi connectivity index (χ0n) is 6.20. The Balaban J connectivity index is 3.23. The maximum absolute atomic E-state index is 10.7. The summed E-state index contributed by atoms with van der Waals surface area (Å²) >= 11 is 6.59. The molecule has 0 atom stereocenters. The Kier molecular flexibility index (Phi) is 2.93. The maximum Gasteiger partial charge on any atom is 0.339 e. The summed E-state index contributed by atoms with van der Waals surface area (Å²) < 4.78 is 1.36. The number of halogens is 1. The van der Waals surface area contributed by atoms with Crippen molar-refractivity contribution >= 4 is 23.4 Å². The zero-order chi connectivity index (χ0) is 9.14. The van der Waals surface area contributed by atoms with Gasteiger partial charge in [-0.3, -0.25) is 19.4 Å². The summed E-state index contributed by atoms with van der Waals surface area (Å²) in [5.41, 5.74) is -1.52. The van der Waals surface area contributed by atoms with Gasteiger partial charge in [-0.05, 0) is 0 Å². The van der Waals surface area contributed by atoms with E-state index in [0.717, 1.165) is 0 Å². The number of aryl methyl sites for hydroxylation is 1. The van der Waals surface area contributed by atoms with E-state index >= 15 is 0 Å². The summed E-state index contributed by atoms with van der Waals surface area (Å²) in [4.78, 5) is 24.9. The summed E-state index contributed by atoms with van der Waals surface area (Å²) in [5.74, 6) is 0. The van der Waals surface area contributed by atoms with Gasteiger partial charge in [-0.2, -0.15) is 4.98 Å². The number of alkyl halides is 1. The number of rotatable bonds is 2. The molecule has 0 aromatic carbocycles. The number of H-pyrrole nitrogens is 1. The van der Waals surface area contributed by atoms with Gasteiger partial charge in [0.1, 0.15) is 0 Å². The SMILES string of the molecule is Cn1[nH]c(=O)c(=O)nc1SCCl. The lowest BCUT2D eigenvalue weighted by Crippen LogP contribution is -2.33. The number of nitrogens with zero attached hydrogens (tertiary/aromatic N) is 2. The van der Waals surface area contributed by atoms with E-state index in [0.29, 0.717) is 5.16 Å². The average Bonchev–Trinajstić information content (AvgIpc) is 2.01. The van der Waals surface area contributed by atoms with Crippen LogP contribution < -0.4 is 11.1 Å². The molecule has 0 amide bonds. The standard InChI is InChI=1S/C5H6ClN3O2S/c1-9-5(12-2-6)7-3(10)4(11)8-9/h2H2,1H3,(H,8,11). The summed E-state index contributed by atoms with van der Waals surface area (Å²) in [6.07, 6.45) is 0. The number of thioether (sulfide) groups is 1. The lowest BCUT2D eigenvalue weighted by atomic mass is 10.8. The molecule has 7 heteroatoms. The third kappa shape index (κ3) is 1.89. The first-order valence-corrected chi connectivity index (χ1v) is 4.53. The normalized spacial score (nSPS) is 10.2. The van der Waals surface area contributed by atoms with Gasteiger partial charge in [0.05, 0.1) is 5.21 Å². The monoisotopic (exact) mass is 207 g/mol. The Hall–Kier alpha value is -0.750. The maximum atomic E-state index is 10.7. The molecule has 12 heavy (non-hydrogen) atoms. The largest absolute Gasteiger partial charge is 0.339 e. The first kappa shape index (κ1) is 9.34. The van der Waals surface area contributed by atoms with E-state index in [1.165, 1.54) is 16.4 Å². The van der Waals surface area contributed by atoms with Crippen LogP contribution in [-0.4, -0.2) is 20.0 Å². The van der Waals surface area contributed by atoms with Gasteiger partial charge in [-0.1, -0.05) is 11.8 Å². The van der Waals surface area contributed by atoms with Crippen LogP contribution in [0.25, 0.3) is 0 Å². The predicted molar refractivity (Wildman–Crippen MR) is 46.7 cm³/mol. The minimum Gasteiger partial charge on any atom is -0.265 e. The lowest BCUT2D eigenvalue weighted by molar-refractivity contribution is 0.597. The molecule has 1 rings (SSSR count). The third-order valence-electron chi connectivity index (χ3n) is 1.13. The van der Waals surface area contributed by atoms with E-state index in [2.05, 4.69) is 10.1 Å². The second-order valence-corrected chi connectivity index (χ2v) is 3.48. The van der Waals surface area contributed by atoms with Crippen LogP contribution in [0.3, 0.4) is 0 Å². The summed E-state index contributed by atoms with van der Waals surface area (Å²) in [6.45, 7) is 0. The predicted octanol–water partition coefficient (Wildman–Crippen LogP) is -0.243. The molecule has 1 heterocycles. The van der Waals surface area contributed by atoms with Crippen molar-refractivity contribution in [1.82, 2.24) is 14.8 Å². The minimum atomic E-state index is -0.791. The fraction of sp³-hybridized carbons (Fsp3) is 0.400. The molecule has 1 N–H and O–H groups in total. The number of nitrogens with one attached hydrogen (secondary N) is 1. The van der Waals surface area contributed by atoms with E-state index in [4.69, 9.17) is 11.6 Å². The van der Waals surface area contributed by atoms with Gasteiger partial charge in [0, 0.05) is 7.05 Å². The molecule has 0 saturated carbocycles. The average molecular weight is 208 g/mol. The van der Waals surface area contributed by atoms with Crippen molar-refractivity contribution in [3.63, 3.8) is 0 Å². The van der Waals surface area contributed by atoms with Crippen LogP contribution >= 0.6 is 23.4 Å². The van der Waals surface area contributed by atoms with Crippen molar-refractivity contribution < 1.29 is 0 Å². The van der Waals surface area contributed by atoms with Crippen LogP contribution in [0.15, 0.2) is 14.7 Å². The molecule has 1 aromatic heterocycles. The van der Waals surface area contributed by atoms with Crippen molar-refractivity contribution in [1.29, 1.82) is 0 Å². The highest BCUT2D eigenvalue weighted by Crippen LogP contribution is 2.11. The van der Waals surface area contributed by atoms with Crippen LogP contribution in [0, 0.1) is 0 Å². The van der Waals surface area contributed by atoms with Crippen LogP contribution in [0.1, 0.15) is 0 Å². The molecule has 0 radical (unpaired) electrons. The molecular formula is C5H6ClN3O2S. The molecule has 0 aliphatic rings. The van der Waals surface area contributed by atoms with Gasteiger partial charge >= 0.3 is 11.1 Å². The van der Waals surface area contributed by atoms with Gasteiger partial charge < -0.3 is 0 Å². The molecule has 1 aromatic rings. The van der Waals surface area contributed by atoms with E-state index in [9.17, 15) is 9.59 Å². The Bertz CT molecular complexity index is 385. The van der Waals surface area contributed by atoms with Crippen LogP contribution in [0.2, 0.25) is 0 Å². The summed E-state index contributed by atoms with van der Waals surface area (Å²) in [5, 5.41) is 2.98. The second kappa shape index (κ2) is 3.77. The second-order valence-electron chi connectivity index (χ2n) is 1.95. The van der Waals surface area contributed by atoms with Gasteiger partial charge in [0.25, 0.3) is 0 Å². The van der Waals surface area contributed by atoms with Gasteiger partial charge in [-0.25, -0.2) is 0 Å². The van der Waals surface area contributed by atoms with Crippen LogP contribution in [-0.2, 0) is 7.05 Å².